The van der Waals surface area contributed by atoms with E-state index in [-0.39, 0.29) is 0 Å². The molecule has 1 heterocycles. The third kappa shape index (κ3) is 3.51. The van der Waals surface area contributed by atoms with Crippen molar-refractivity contribution in [1.29, 1.82) is 0 Å². The molecule has 1 aliphatic rings. The summed E-state index contributed by atoms with van der Waals surface area (Å²) in [6, 6.07) is 4.48. The van der Waals surface area contributed by atoms with E-state index in [4.69, 9.17) is 5.73 Å². The van der Waals surface area contributed by atoms with Crippen LogP contribution >= 0.6 is 0 Å². The summed E-state index contributed by atoms with van der Waals surface area (Å²) < 4.78 is 0. The van der Waals surface area contributed by atoms with Gasteiger partial charge in [0.2, 0.25) is 0 Å². The minimum absolute atomic E-state index is 0.337. The molecule has 3 nitrogen and oxygen atoms in total. The smallest absolute Gasteiger partial charge is 0.0485 e. The monoisotopic (exact) mass is 233 g/mol. The summed E-state index contributed by atoms with van der Waals surface area (Å²) in [7, 11) is 0. The second kappa shape index (κ2) is 6.12. The van der Waals surface area contributed by atoms with Crippen molar-refractivity contribution in [3.8, 4) is 0 Å². The molecule has 3 heteroatoms. The third-order valence-corrected chi connectivity index (χ3v) is 3.43. The second-order valence-corrected chi connectivity index (χ2v) is 4.98. The van der Waals surface area contributed by atoms with Gasteiger partial charge >= 0.3 is 0 Å². The van der Waals surface area contributed by atoms with E-state index >= 15 is 0 Å². The van der Waals surface area contributed by atoms with Crippen LogP contribution in [-0.2, 0) is 0 Å². The molecular weight excluding hydrogens is 210 g/mol. The molecule has 1 aliphatic carbocycles. The summed E-state index contributed by atoms with van der Waals surface area (Å²) in [5.41, 5.74) is 7.22. The van der Waals surface area contributed by atoms with Crippen LogP contribution in [0.15, 0.2) is 24.5 Å². The number of nitrogens with two attached hydrogens (primary N) is 1. The van der Waals surface area contributed by atoms with Crippen LogP contribution in [0, 0.1) is 5.92 Å². The average molecular weight is 233 g/mol. The van der Waals surface area contributed by atoms with Crippen molar-refractivity contribution < 1.29 is 0 Å². The fourth-order valence-corrected chi connectivity index (χ4v) is 2.36. The van der Waals surface area contributed by atoms with Gasteiger partial charge in [-0.15, -0.1) is 0 Å². The molecule has 1 unspecified atom stereocenters. The highest BCUT2D eigenvalue weighted by Gasteiger charge is 2.27. The fourth-order valence-electron chi connectivity index (χ4n) is 2.36. The van der Waals surface area contributed by atoms with E-state index in [1.807, 2.05) is 18.5 Å². The molecule has 94 valence electrons. The van der Waals surface area contributed by atoms with Crippen LogP contribution in [0.25, 0.3) is 0 Å². The molecule has 0 amide bonds. The standard InChI is InChI=1S/C14H23N3/c1-2-8-17(11-12-5-6-12)14(9-15)13-4-3-7-16-10-13/h3-4,7,10,12,14H,2,5-6,8-9,11,15H2,1H3. The number of aromatic nitrogens is 1. The Labute approximate surface area is 104 Å². The minimum Gasteiger partial charge on any atom is -0.329 e. The lowest BCUT2D eigenvalue weighted by Crippen LogP contribution is -2.36. The Hall–Kier alpha value is -0.930. The third-order valence-electron chi connectivity index (χ3n) is 3.43. The van der Waals surface area contributed by atoms with Crippen molar-refractivity contribution in [3.05, 3.63) is 30.1 Å². The lowest BCUT2D eigenvalue weighted by molar-refractivity contribution is 0.193. The second-order valence-electron chi connectivity index (χ2n) is 4.98. The van der Waals surface area contributed by atoms with Gasteiger partial charge in [-0.05, 0) is 43.4 Å². The van der Waals surface area contributed by atoms with Gasteiger partial charge in [-0.25, -0.2) is 0 Å². The van der Waals surface area contributed by atoms with Crippen molar-refractivity contribution in [2.75, 3.05) is 19.6 Å². The molecule has 0 spiro atoms. The van der Waals surface area contributed by atoms with Crippen LogP contribution in [-0.4, -0.2) is 29.5 Å². The normalized spacial score (nSPS) is 17.4. The van der Waals surface area contributed by atoms with Gasteiger partial charge in [0.05, 0.1) is 0 Å². The van der Waals surface area contributed by atoms with Gasteiger partial charge in [0, 0.05) is 31.5 Å². The van der Waals surface area contributed by atoms with E-state index < -0.39 is 0 Å². The molecule has 2 rings (SSSR count). The van der Waals surface area contributed by atoms with E-state index in [1.165, 1.54) is 31.4 Å². The number of hydrogen-bond acceptors (Lipinski definition) is 3. The zero-order chi connectivity index (χ0) is 12.1. The predicted molar refractivity (Wildman–Crippen MR) is 70.6 cm³/mol. The molecule has 0 aliphatic heterocycles. The maximum Gasteiger partial charge on any atom is 0.0485 e. The lowest BCUT2D eigenvalue weighted by Gasteiger charge is -2.30. The summed E-state index contributed by atoms with van der Waals surface area (Å²) in [6.07, 6.45) is 7.74. The molecule has 1 saturated carbocycles. The first-order valence-corrected chi connectivity index (χ1v) is 6.69. The number of nitrogens with zero attached hydrogens (tertiary/aromatic N) is 2. The molecule has 0 aromatic carbocycles. The van der Waals surface area contributed by atoms with Gasteiger partial charge in [0.15, 0.2) is 0 Å². The molecule has 1 aromatic heterocycles. The van der Waals surface area contributed by atoms with Crippen LogP contribution < -0.4 is 5.73 Å². The van der Waals surface area contributed by atoms with Crippen LogP contribution in [0.2, 0.25) is 0 Å². The Morgan fingerprint density at radius 1 is 1.53 bits per heavy atom. The first-order valence-electron chi connectivity index (χ1n) is 6.69. The van der Waals surface area contributed by atoms with Gasteiger partial charge in [-0.1, -0.05) is 13.0 Å². The number of hydrogen-bond donors (Lipinski definition) is 1. The van der Waals surface area contributed by atoms with E-state index in [9.17, 15) is 0 Å². The Morgan fingerprint density at radius 2 is 2.35 bits per heavy atom. The molecule has 2 N–H and O–H groups in total. The Balaban J connectivity index is 2.07. The van der Waals surface area contributed by atoms with Gasteiger partial charge in [0.1, 0.15) is 0 Å². The van der Waals surface area contributed by atoms with E-state index in [0.717, 1.165) is 12.5 Å². The maximum atomic E-state index is 5.96. The first-order chi connectivity index (χ1) is 8.35. The molecular formula is C14H23N3. The van der Waals surface area contributed by atoms with Gasteiger partial charge < -0.3 is 5.73 Å². The van der Waals surface area contributed by atoms with E-state index in [2.05, 4.69) is 22.9 Å². The van der Waals surface area contributed by atoms with Gasteiger partial charge in [0.25, 0.3) is 0 Å². The minimum atomic E-state index is 0.337. The van der Waals surface area contributed by atoms with Crippen molar-refractivity contribution in [2.45, 2.75) is 32.2 Å². The molecule has 17 heavy (non-hydrogen) atoms. The van der Waals surface area contributed by atoms with Gasteiger partial charge in [-0.3, -0.25) is 9.88 Å². The summed E-state index contributed by atoms with van der Waals surface area (Å²) >= 11 is 0. The topological polar surface area (TPSA) is 42.1 Å². The summed E-state index contributed by atoms with van der Waals surface area (Å²) in [5, 5.41) is 0. The Bertz CT molecular complexity index is 321. The predicted octanol–water partition coefficient (Wildman–Crippen LogP) is 2.20. The highest BCUT2D eigenvalue weighted by molar-refractivity contribution is 5.14. The summed E-state index contributed by atoms with van der Waals surface area (Å²) in [5.74, 6) is 0.910. The van der Waals surface area contributed by atoms with Crippen LogP contribution in [0.4, 0.5) is 0 Å². The number of rotatable bonds is 7. The van der Waals surface area contributed by atoms with Gasteiger partial charge in [-0.2, -0.15) is 0 Å². The zero-order valence-corrected chi connectivity index (χ0v) is 10.7. The summed E-state index contributed by atoms with van der Waals surface area (Å²) in [4.78, 5) is 6.74. The van der Waals surface area contributed by atoms with Crippen molar-refractivity contribution >= 4 is 0 Å². The molecule has 0 bridgehead atoms. The maximum absolute atomic E-state index is 5.96. The highest BCUT2D eigenvalue weighted by atomic mass is 15.2. The largest absolute Gasteiger partial charge is 0.329 e. The van der Waals surface area contributed by atoms with E-state index in [1.54, 1.807) is 0 Å². The van der Waals surface area contributed by atoms with Crippen LogP contribution in [0.1, 0.15) is 37.8 Å². The lowest BCUT2D eigenvalue weighted by atomic mass is 10.1. The summed E-state index contributed by atoms with van der Waals surface area (Å²) in [6.45, 7) is 5.24. The molecule has 1 fully saturated rings. The SMILES string of the molecule is CCCN(CC1CC1)C(CN)c1cccnc1. The Kier molecular flexibility index (Phi) is 4.51. The molecule has 0 saturated heterocycles. The molecule has 0 radical (unpaired) electrons. The Morgan fingerprint density at radius 3 is 2.88 bits per heavy atom. The van der Waals surface area contributed by atoms with Crippen molar-refractivity contribution in [1.82, 2.24) is 9.88 Å². The molecule has 1 atom stereocenters. The number of pyridine rings is 1. The quantitative estimate of drug-likeness (QED) is 0.785. The van der Waals surface area contributed by atoms with Crippen LogP contribution in [0.3, 0.4) is 0 Å². The molecule has 1 aromatic rings. The van der Waals surface area contributed by atoms with Crippen molar-refractivity contribution in [2.24, 2.45) is 11.7 Å². The average Bonchev–Trinajstić information content (AvgIpc) is 3.16. The van der Waals surface area contributed by atoms with Crippen molar-refractivity contribution in [3.63, 3.8) is 0 Å². The van der Waals surface area contributed by atoms with E-state index in [0.29, 0.717) is 12.6 Å². The fraction of sp³-hybridized carbons (Fsp3) is 0.643. The highest BCUT2D eigenvalue weighted by Crippen LogP contribution is 2.32. The van der Waals surface area contributed by atoms with Crippen LogP contribution in [0.5, 0.6) is 0 Å². The zero-order valence-electron chi connectivity index (χ0n) is 10.7. The first kappa shape index (κ1) is 12.5.